The third-order valence-corrected chi connectivity index (χ3v) is 1.59. The molecule has 0 saturated carbocycles. The highest BCUT2D eigenvalue weighted by Crippen LogP contribution is 2.02. The zero-order chi connectivity index (χ0) is 14.6. The number of nitrogen functional groups attached to an aromatic ring is 1. The van der Waals surface area contributed by atoms with Gasteiger partial charge in [-0.1, -0.05) is 6.07 Å². The lowest BCUT2D eigenvalue weighted by atomic mass is 10.2. The molecule has 2 aromatic heterocycles. The molecule has 0 aromatic carbocycles. The van der Waals surface area contributed by atoms with E-state index in [0.717, 1.165) is 5.69 Å². The first-order valence-corrected chi connectivity index (χ1v) is 5.80. The van der Waals surface area contributed by atoms with E-state index in [0.29, 0.717) is 6.47 Å². The van der Waals surface area contributed by atoms with Gasteiger partial charge in [-0.25, -0.2) is 0 Å². The average molecular weight is 300 g/mol. The molecule has 0 amide bonds. The fourth-order valence-electron chi connectivity index (χ4n) is 0.794. The highest BCUT2D eigenvalue weighted by atomic mass is 35.5. The molecule has 2 heterocycles. The molecule has 0 unspecified atom stereocenters. The topological polar surface area (TPSA) is 81.0 Å². The van der Waals surface area contributed by atoms with Crippen molar-refractivity contribution in [1.29, 1.82) is 0 Å². The van der Waals surface area contributed by atoms with E-state index in [1.54, 1.807) is 30.9 Å². The molecule has 0 saturated heterocycles. The molecule has 0 fully saturated rings. The van der Waals surface area contributed by atoms with E-state index in [1.165, 1.54) is 0 Å². The van der Waals surface area contributed by atoms with Crippen molar-refractivity contribution in [3.63, 3.8) is 0 Å². The molecule has 2 aromatic rings. The number of anilines is 1. The minimum Gasteiger partial charge on any atom is -0.462 e. The molecule has 0 aliphatic heterocycles. The standard InChI is InChI=1S/C5H5N.C5H10O2.C4H6N2.ClH/c1-2-4-6-5-3-1;1-5(2,3)7-4-6;5-4-1-2-6-3-4;/h1-5H;4H,1-3H3;1-3,6H,5H2;1H. The lowest BCUT2D eigenvalue weighted by molar-refractivity contribution is -0.138. The lowest BCUT2D eigenvalue weighted by Gasteiger charge is -2.14. The third-order valence-electron chi connectivity index (χ3n) is 1.59. The third kappa shape index (κ3) is 16.0. The number of aromatic amines is 1. The number of nitrogens with two attached hydrogens (primary N) is 1. The minimum absolute atomic E-state index is 0. The average Bonchev–Trinajstić information content (AvgIpc) is 2.83. The molecule has 112 valence electrons. The van der Waals surface area contributed by atoms with Crippen LogP contribution in [0.4, 0.5) is 5.69 Å². The van der Waals surface area contributed by atoms with Crippen LogP contribution in [0.3, 0.4) is 0 Å². The molecular weight excluding hydrogens is 278 g/mol. The van der Waals surface area contributed by atoms with Crippen LogP contribution in [-0.4, -0.2) is 22.0 Å². The maximum Gasteiger partial charge on any atom is 0.293 e. The Hall–Kier alpha value is -2.01. The van der Waals surface area contributed by atoms with E-state index in [1.807, 2.05) is 39.0 Å². The summed E-state index contributed by atoms with van der Waals surface area (Å²) >= 11 is 0. The monoisotopic (exact) mass is 299 g/mol. The van der Waals surface area contributed by atoms with Gasteiger partial charge in [0.05, 0.1) is 0 Å². The van der Waals surface area contributed by atoms with Crippen molar-refractivity contribution >= 4 is 24.6 Å². The summed E-state index contributed by atoms with van der Waals surface area (Å²) in [5.74, 6) is 0. The molecule has 0 bridgehead atoms. The summed E-state index contributed by atoms with van der Waals surface area (Å²) in [5.41, 5.74) is 5.72. The molecular formula is C14H22ClN3O2. The summed E-state index contributed by atoms with van der Waals surface area (Å²) in [6.45, 7) is 5.92. The van der Waals surface area contributed by atoms with E-state index in [2.05, 4.69) is 14.7 Å². The van der Waals surface area contributed by atoms with Gasteiger partial charge in [-0.2, -0.15) is 0 Å². The number of rotatable bonds is 1. The Morgan fingerprint density at radius 2 is 1.85 bits per heavy atom. The van der Waals surface area contributed by atoms with Crippen LogP contribution < -0.4 is 5.73 Å². The first-order valence-electron chi connectivity index (χ1n) is 5.80. The van der Waals surface area contributed by atoms with Gasteiger partial charge in [0.15, 0.2) is 0 Å². The van der Waals surface area contributed by atoms with Gasteiger partial charge in [0.25, 0.3) is 6.47 Å². The van der Waals surface area contributed by atoms with Gasteiger partial charge >= 0.3 is 0 Å². The smallest absolute Gasteiger partial charge is 0.293 e. The van der Waals surface area contributed by atoms with Gasteiger partial charge in [-0.15, -0.1) is 12.4 Å². The van der Waals surface area contributed by atoms with Crippen molar-refractivity contribution in [2.45, 2.75) is 26.4 Å². The Morgan fingerprint density at radius 1 is 1.25 bits per heavy atom. The number of H-pyrrole nitrogens is 1. The number of pyridine rings is 1. The van der Waals surface area contributed by atoms with Crippen LogP contribution in [0, 0.1) is 0 Å². The first kappa shape index (κ1) is 20.3. The summed E-state index contributed by atoms with van der Waals surface area (Å²) in [7, 11) is 0. The normalized spacial score (nSPS) is 8.75. The molecule has 3 N–H and O–H groups in total. The molecule has 2 rings (SSSR count). The van der Waals surface area contributed by atoms with Gasteiger partial charge in [0.1, 0.15) is 5.60 Å². The molecule has 0 spiro atoms. The van der Waals surface area contributed by atoms with Crippen LogP contribution >= 0.6 is 12.4 Å². The molecule has 0 radical (unpaired) electrons. The number of carbonyl (C=O) groups is 1. The van der Waals surface area contributed by atoms with Gasteiger partial charge in [0, 0.05) is 30.5 Å². The van der Waals surface area contributed by atoms with E-state index in [9.17, 15) is 4.79 Å². The van der Waals surface area contributed by atoms with Gasteiger partial charge in [0.2, 0.25) is 0 Å². The Bertz CT molecular complexity index is 387. The molecule has 20 heavy (non-hydrogen) atoms. The summed E-state index contributed by atoms with van der Waals surface area (Å²) < 4.78 is 4.55. The number of hydrogen-bond donors (Lipinski definition) is 2. The second kappa shape index (κ2) is 12.0. The van der Waals surface area contributed by atoms with Crippen LogP contribution in [0.15, 0.2) is 49.1 Å². The predicted molar refractivity (Wildman–Crippen MR) is 83.6 cm³/mol. The molecule has 0 atom stereocenters. The van der Waals surface area contributed by atoms with Crippen LogP contribution in [-0.2, 0) is 9.53 Å². The van der Waals surface area contributed by atoms with Gasteiger partial charge in [-0.3, -0.25) is 9.78 Å². The maximum atomic E-state index is 9.60. The number of carbonyl (C=O) groups excluding carboxylic acids is 1. The molecule has 5 nitrogen and oxygen atoms in total. The summed E-state index contributed by atoms with van der Waals surface area (Å²) in [6, 6.07) is 7.52. The maximum absolute atomic E-state index is 9.60. The second-order valence-corrected chi connectivity index (χ2v) is 4.50. The highest BCUT2D eigenvalue weighted by Gasteiger charge is 2.07. The van der Waals surface area contributed by atoms with E-state index in [-0.39, 0.29) is 18.0 Å². The van der Waals surface area contributed by atoms with Gasteiger partial charge < -0.3 is 15.5 Å². The molecule has 6 heteroatoms. The van der Waals surface area contributed by atoms with E-state index >= 15 is 0 Å². The first-order chi connectivity index (χ1) is 8.95. The highest BCUT2D eigenvalue weighted by molar-refractivity contribution is 5.85. The zero-order valence-corrected chi connectivity index (χ0v) is 12.8. The predicted octanol–water partition coefficient (Wildman–Crippen LogP) is 3.06. The van der Waals surface area contributed by atoms with Crippen molar-refractivity contribution < 1.29 is 9.53 Å². The van der Waals surface area contributed by atoms with Crippen molar-refractivity contribution in [2.75, 3.05) is 5.73 Å². The van der Waals surface area contributed by atoms with Crippen LogP contribution in [0.1, 0.15) is 20.8 Å². The Kier molecular flexibility index (Phi) is 12.2. The Balaban J connectivity index is 0. The Labute approximate surface area is 126 Å². The lowest BCUT2D eigenvalue weighted by Crippen LogP contribution is -2.17. The van der Waals surface area contributed by atoms with Crippen molar-refractivity contribution in [2.24, 2.45) is 0 Å². The molecule has 0 aliphatic rings. The van der Waals surface area contributed by atoms with Crippen molar-refractivity contribution in [1.82, 2.24) is 9.97 Å². The van der Waals surface area contributed by atoms with E-state index < -0.39 is 0 Å². The SMILES string of the molecule is CC(C)(C)OC=O.Cl.Nc1cc[nH]c1.c1ccncc1. The second-order valence-electron chi connectivity index (χ2n) is 4.50. The molecule has 0 aliphatic carbocycles. The van der Waals surface area contributed by atoms with E-state index in [4.69, 9.17) is 5.73 Å². The number of nitrogens with one attached hydrogen (secondary N) is 1. The van der Waals surface area contributed by atoms with Gasteiger partial charge in [-0.05, 0) is 39.0 Å². The summed E-state index contributed by atoms with van der Waals surface area (Å²) in [4.78, 5) is 16.2. The summed E-state index contributed by atoms with van der Waals surface area (Å²) in [5, 5.41) is 0. The number of halogens is 1. The van der Waals surface area contributed by atoms with Crippen LogP contribution in [0.5, 0.6) is 0 Å². The van der Waals surface area contributed by atoms with Crippen LogP contribution in [0.2, 0.25) is 0 Å². The largest absolute Gasteiger partial charge is 0.462 e. The minimum atomic E-state index is -0.318. The fraction of sp³-hybridized carbons (Fsp3) is 0.286. The number of nitrogens with zero attached hydrogens (tertiary/aromatic N) is 1. The number of ether oxygens (including phenoxy) is 1. The quantitative estimate of drug-likeness (QED) is 0.793. The van der Waals surface area contributed by atoms with Crippen molar-refractivity contribution in [3.05, 3.63) is 49.1 Å². The number of hydrogen-bond acceptors (Lipinski definition) is 4. The summed E-state index contributed by atoms with van der Waals surface area (Å²) in [6.07, 6.45) is 7.02. The van der Waals surface area contributed by atoms with Crippen molar-refractivity contribution in [3.8, 4) is 0 Å². The Morgan fingerprint density at radius 3 is 1.95 bits per heavy atom. The van der Waals surface area contributed by atoms with Crippen LogP contribution in [0.25, 0.3) is 0 Å². The number of aromatic nitrogens is 2. The fourth-order valence-corrected chi connectivity index (χ4v) is 0.794. The zero-order valence-electron chi connectivity index (χ0n) is 11.9.